The molecule has 16 nitrogen and oxygen atoms in total. The van der Waals surface area contributed by atoms with Gasteiger partial charge in [0.25, 0.3) is 17.5 Å². The second kappa shape index (κ2) is 17.3. The molecular formula is C35H34N4O12. The second-order valence-corrected chi connectivity index (χ2v) is 11.1. The van der Waals surface area contributed by atoms with Gasteiger partial charge in [0, 0.05) is 29.1 Å². The van der Waals surface area contributed by atoms with Crippen molar-refractivity contribution < 1.29 is 53.6 Å². The molecule has 51 heavy (non-hydrogen) atoms. The van der Waals surface area contributed by atoms with Crippen molar-refractivity contribution in [3.63, 3.8) is 0 Å². The molecule has 2 amide bonds. The lowest BCUT2D eigenvalue weighted by Crippen LogP contribution is -2.35. The molecule has 0 aromatic heterocycles. The maximum atomic E-state index is 13.6. The van der Waals surface area contributed by atoms with E-state index in [-0.39, 0.29) is 72.0 Å². The summed E-state index contributed by atoms with van der Waals surface area (Å²) in [4.78, 5) is 79.2. The Balaban J connectivity index is 1.49. The van der Waals surface area contributed by atoms with Crippen molar-refractivity contribution in [2.24, 2.45) is 0 Å². The molecule has 1 aliphatic rings. The van der Waals surface area contributed by atoms with E-state index in [0.717, 1.165) is 0 Å². The Kier molecular flexibility index (Phi) is 12.7. The lowest BCUT2D eigenvalue weighted by atomic mass is 9.80. The first-order chi connectivity index (χ1) is 24.4. The highest BCUT2D eigenvalue weighted by Gasteiger charge is 2.38. The fourth-order valence-corrected chi connectivity index (χ4v) is 5.45. The lowest BCUT2D eigenvalue weighted by molar-refractivity contribution is -0.384. The summed E-state index contributed by atoms with van der Waals surface area (Å²) >= 11 is 0. The van der Waals surface area contributed by atoms with Gasteiger partial charge in [0.1, 0.15) is 19.8 Å². The van der Waals surface area contributed by atoms with Crippen LogP contribution in [0.3, 0.4) is 0 Å². The van der Waals surface area contributed by atoms with E-state index < -0.39 is 40.6 Å². The first-order valence-corrected chi connectivity index (χ1v) is 15.4. The van der Waals surface area contributed by atoms with Crippen LogP contribution in [0.15, 0.2) is 95.3 Å². The lowest BCUT2D eigenvalue weighted by Gasteiger charge is -2.30. The summed E-state index contributed by atoms with van der Waals surface area (Å²) in [5.41, 5.74) is 0.820. The topological polar surface area (TPSA) is 233 Å². The average molecular weight is 703 g/mol. The predicted molar refractivity (Wildman–Crippen MR) is 178 cm³/mol. The molecule has 5 N–H and O–H groups in total. The van der Waals surface area contributed by atoms with E-state index in [9.17, 15) is 39.2 Å². The van der Waals surface area contributed by atoms with E-state index in [1.165, 1.54) is 54.6 Å². The highest BCUT2D eigenvalue weighted by atomic mass is 17.1. The van der Waals surface area contributed by atoms with Crippen LogP contribution < -0.4 is 16.0 Å². The van der Waals surface area contributed by atoms with Gasteiger partial charge in [-0.15, -0.1) is 0 Å². The van der Waals surface area contributed by atoms with Gasteiger partial charge in [-0.05, 0) is 43.2 Å². The number of rotatable bonds is 15. The number of hydrogen-bond acceptors (Lipinski definition) is 12. The first kappa shape index (κ1) is 37.4. The van der Waals surface area contributed by atoms with Crippen LogP contribution in [0.2, 0.25) is 0 Å². The highest BCUT2D eigenvalue weighted by molar-refractivity contribution is 6.05. The molecule has 0 fully saturated rings. The molecule has 1 atom stereocenters. The maximum Gasteiger partial charge on any atom is 0.336 e. The zero-order valence-corrected chi connectivity index (χ0v) is 27.5. The predicted octanol–water partition coefficient (Wildman–Crippen LogP) is 3.46. The van der Waals surface area contributed by atoms with Gasteiger partial charge >= 0.3 is 17.9 Å². The number of carboxylic acids is 1. The normalized spacial score (nSPS) is 13.9. The molecule has 0 bridgehead atoms. The monoisotopic (exact) mass is 702 g/mol. The number of amides is 2. The molecule has 0 spiro atoms. The quantitative estimate of drug-likeness (QED) is 0.0503. The van der Waals surface area contributed by atoms with Crippen molar-refractivity contribution in [3.8, 4) is 0 Å². The number of esters is 2. The van der Waals surface area contributed by atoms with E-state index in [2.05, 4.69) is 20.8 Å². The van der Waals surface area contributed by atoms with Gasteiger partial charge in [0.05, 0.1) is 46.2 Å². The van der Waals surface area contributed by atoms with Crippen molar-refractivity contribution in [1.82, 2.24) is 16.0 Å². The third-order valence-corrected chi connectivity index (χ3v) is 7.74. The SMILES string of the molecule is CC1=C(C(=O)OCCNC(=O)c2ccccc2COO)C(c2cccc([N+](=O)[O-])c2)C(C(=O)OCCNC(=O)c2ccccc2C(=O)O)=C(C)N1. The largest absolute Gasteiger partial charge is 0.478 e. The molecule has 266 valence electrons. The molecule has 0 saturated heterocycles. The fraction of sp³-hybridized carbons (Fsp3) is 0.229. The number of benzene rings is 3. The number of allylic oxidation sites excluding steroid dienone is 2. The minimum atomic E-state index is -1.29. The number of carbonyl (C=O) groups excluding carboxylic acids is 4. The van der Waals surface area contributed by atoms with E-state index in [1.54, 1.807) is 32.0 Å². The Morgan fingerprint density at radius 1 is 0.784 bits per heavy atom. The van der Waals surface area contributed by atoms with Crippen molar-refractivity contribution in [1.29, 1.82) is 0 Å². The van der Waals surface area contributed by atoms with Gasteiger partial charge in [-0.3, -0.25) is 25.0 Å². The summed E-state index contributed by atoms with van der Waals surface area (Å²) in [6.07, 6.45) is 0. The number of hydrogen-bond donors (Lipinski definition) is 5. The number of carbonyl (C=O) groups is 5. The number of nitrogens with one attached hydrogen (secondary N) is 3. The average Bonchev–Trinajstić information content (AvgIpc) is 3.11. The van der Waals surface area contributed by atoms with Crippen LogP contribution in [0.1, 0.15) is 62.0 Å². The molecule has 1 unspecified atom stereocenters. The molecule has 1 heterocycles. The van der Waals surface area contributed by atoms with Gasteiger partial charge in [-0.1, -0.05) is 42.5 Å². The highest BCUT2D eigenvalue weighted by Crippen LogP contribution is 2.40. The number of aromatic carboxylic acids is 1. The van der Waals surface area contributed by atoms with E-state index in [1.807, 2.05) is 0 Å². The Morgan fingerprint density at radius 2 is 1.31 bits per heavy atom. The van der Waals surface area contributed by atoms with Crippen LogP contribution in [-0.2, 0) is 30.6 Å². The van der Waals surface area contributed by atoms with Crippen LogP contribution in [0.4, 0.5) is 5.69 Å². The number of nitro groups is 1. The zero-order chi connectivity index (χ0) is 37.1. The number of nitrogens with zero attached hydrogens (tertiary/aromatic N) is 1. The first-order valence-electron chi connectivity index (χ1n) is 15.4. The number of dihydropyridines is 1. The van der Waals surface area contributed by atoms with Crippen LogP contribution in [-0.4, -0.2) is 71.3 Å². The van der Waals surface area contributed by atoms with Crippen molar-refractivity contribution >= 4 is 35.4 Å². The summed E-state index contributed by atoms with van der Waals surface area (Å²) in [5, 5.41) is 37.9. The zero-order valence-electron chi connectivity index (χ0n) is 27.5. The molecule has 16 heteroatoms. The van der Waals surface area contributed by atoms with Crippen molar-refractivity contribution in [2.75, 3.05) is 26.3 Å². The van der Waals surface area contributed by atoms with Gasteiger partial charge < -0.3 is 30.5 Å². The summed E-state index contributed by atoms with van der Waals surface area (Å²) in [6.45, 7) is 2.00. The molecule has 3 aromatic carbocycles. The molecule has 1 aliphatic heterocycles. The maximum absolute atomic E-state index is 13.6. The van der Waals surface area contributed by atoms with Crippen LogP contribution >= 0.6 is 0 Å². The third-order valence-electron chi connectivity index (χ3n) is 7.74. The Morgan fingerprint density at radius 3 is 1.86 bits per heavy atom. The van der Waals surface area contributed by atoms with Crippen molar-refractivity contribution in [2.45, 2.75) is 26.4 Å². The number of carboxylic acid groups (broad SMARTS) is 1. The Hall–Kier alpha value is -6.39. The molecule has 0 saturated carbocycles. The van der Waals surface area contributed by atoms with Gasteiger partial charge in [0.2, 0.25) is 0 Å². The number of non-ortho nitro benzene ring substituents is 1. The fourth-order valence-electron chi connectivity index (χ4n) is 5.45. The van der Waals surface area contributed by atoms with Crippen molar-refractivity contribution in [3.05, 3.63) is 133 Å². The third kappa shape index (κ3) is 9.20. The number of ether oxygens (including phenoxy) is 2. The Labute approximate surface area is 290 Å². The Bertz CT molecular complexity index is 1920. The standard InChI is InChI=1S/C35H34N4O12/c1-20-28(34(44)49-16-14-36-31(40)25-11-4-3-8-23(25)19-51-48)30(22-9-7-10-24(18-22)39(46)47)29(21(2)38-20)35(45)50-17-15-37-32(41)26-12-5-6-13-27(26)33(42)43/h3-13,18,30,38,48H,14-17,19H2,1-2H3,(H,36,40)(H,37,41)(H,42,43). The molecular weight excluding hydrogens is 668 g/mol. The van der Waals surface area contributed by atoms with E-state index >= 15 is 0 Å². The molecule has 0 radical (unpaired) electrons. The minimum absolute atomic E-state index is 0.0385. The summed E-state index contributed by atoms with van der Waals surface area (Å²) in [6, 6.07) is 17.4. The van der Waals surface area contributed by atoms with Gasteiger partial charge in [-0.2, -0.15) is 0 Å². The molecule has 4 rings (SSSR count). The summed E-state index contributed by atoms with van der Waals surface area (Å²) < 4.78 is 10.9. The summed E-state index contributed by atoms with van der Waals surface area (Å²) in [5.74, 6) is -5.44. The van der Waals surface area contributed by atoms with E-state index in [4.69, 9.17) is 14.7 Å². The molecule has 3 aromatic rings. The summed E-state index contributed by atoms with van der Waals surface area (Å²) in [7, 11) is 0. The smallest absolute Gasteiger partial charge is 0.336 e. The van der Waals surface area contributed by atoms with Gasteiger partial charge in [0.15, 0.2) is 0 Å². The van der Waals surface area contributed by atoms with Crippen LogP contribution in [0.5, 0.6) is 0 Å². The minimum Gasteiger partial charge on any atom is -0.478 e. The van der Waals surface area contributed by atoms with Gasteiger partial charge in [-0.25, -0.2) is 19.3 Å². The molecule has 0 aliphatic carbocycles. The van der Waals surface area contributed by atoms with E-state index in [0.29, 0.717) is 17.0 Å². The van der Waals surface area contributed by atoms with Crippen LogP contribution in [0, 0.1) is 10.1 Å². The van der Waals surface area contributed by atoms with Crippen LogP contribution in [0.25, 0.3) is 0 Å². The number of nitro benzene ring substituents is 1. The second-order valence-electron chi connectivity index (χ2n) is 11.1.